The average molecular weight is 330 g/mol. The van der Waals surface area contributed by atoms with Crippen molar-refractivity contribution in [2.45, 2.75) is 13.3 Å². The first kappa shape index (κ1) is 17.5. The number of pyridine rings is 1. The highest BCUT2D eigenvalue weighted by atomic mass is 32.2. The number of aromatic nitrogens is 1. The number of rotatable bonds is 8. The number of carbonyl (C=O) groups is 1. The Hall–Kier alpha value is -1.85. The van der Waals surface area contributed by atoms with Crippen LogP contribution in [0.15, 0.2) is 42.5 Å². The second-order valence-corrected chi connectivity index (χ2v) is 6.37. The zero-order valence-electron chi connectivity index (χ0n) is 13.3. The summed E-state index contributed by atoms with van der Waals surface area (Å²) in [4.78, 5) is 16.7. The number of aryl methyl sites for hydroxylation is 1. The Morgan fingerprint density at radius 2 is 1.96 bits per heavy atom. The molecule has 2 rings (SSSR count). The molecule has 1 heterocycles. The van der Waals surface area contributed by atoms with E-state index >= 15 is 0 Å². The van der Waals surface area contributed by atoms with Crippen molar-refractivity contribution in [3.8, 4) is 11.3 Å². The summed E-state index contributed by atoms with van der Waals surface area (Å²) in [5, 5.41) is 11.6. The number of amides is 1. The van der Waals surface area contributed by atoms with Crippen LogP contribution in [0, 0.1) is 6.92 Å². The SMILES string of the molecule is Cc1nc(-c2ccccc2)ccc1C(=O)NCCSCCCO. The van der Waals surface area contributed by atoms with E-state index in [2.05, 4.69) is 10.3 Å². The fourth-order valence-corrected chi connectivity index (χ4v) is 2.96. The molecule has 0 spiro atoms. The highest BCUT2D eigenvalue weighted by Gasteiger charge is 2.10. The molecule has 0 radical (unpaired) electrons. The molecule has 2 aromatic rings. The lowest BCUT2D eigenvalue weighted by Gasteiger charge is -2.09. The van der Waals surface area contributed by atoms with Gasteiger partial charge in [0.15, 0.2) is 0 Å². The van der Waals surface area contributed by atoms with E-state index in [1.165, 1.54) is 0 Å². The molecule has 5 heteroatoms. The summed E-state index contributed by atoms with van der Waals surface area (Å²) in [6.07, 6.45) is 0.794. The van der Waals surface area contributed by atoms with Crippen LogP contribution in [-0.4, -0.2) is 40.7 Å². The highest BCUT2D eigenvalue weighted by Crippen LogP contribution is 2.18. The molecular formula is C18H22N2O2S. The van der Waals surface area contributed by atoms with Gasteiger partial charge in [-0.15, -0.1) is 0 Å². The molecule has 1 aromatic heterocycles. The largest absolute Gasteiger partial charge is 0.396 e. The molecule has 0 saturated heterocycles. The Morgan fingerprint density at radius 3 is 2.65 bits per heavy atom. The van der Waals surface area contributed by atoms with Crippen molar-refractivity contribution in [3.63, 3.8) is 0 Å². The molecule has 0 bridgehead atoms. The molecule has 1 amide bonds. The summed E-state index contributed by atoms with van der Waals surface area (Å²) in [6.45, 7) is 2.70. The van der Waals surface area contributed by atoms with E-state index in [-0.39, 0.29) is 12.5 Å². The topological polar surface area (TPSA) is 62.2 Å². The molecule has 0 aliphatic heterocycles. The number of hydrogen-bond donors (Lipinski definition) is 2. The second-order valence-electron chi connectivity index (χ2n) is 5.14. The Kier molecular flexibility index (Phi) is 7.10. The fraction of sp³-hybridized carbons (Fsp3) is 0.333. The lowest BCUT2D eigenvalue weighted by molar-refractivity contribution is 0.0955. The van der Waals surface area contributed by atoms with Gasteiger partial charge in [0.1, 0.15) is 0 Å². The third-order valence-electron chi connectivity index (χ3n) is 3.38. The fourth-order valence-electron chi connectivity index (χ4n) is 2.17. The van der Waals surface area contributed by atoms with Gasteiger partial charge < -0.3 is 10.4 Å². The van der Waals surface area contributed by atoms with Crippen LogP contribution in [-0.2, 0) is 0 Å². The van der Waals surface area contributed by atoms with Gasteiger partial charge in [-0.3, -0.25) is 9.78 Å². The number of hydrogen-bond acceptors (Lipinski definition) is 4. The van der Waals surface area contributed by atoms with Crippen molar-refractivity contribution in [3.05, 3.63) is 53.7 Å². The van der Waals surface area contributed by atoms with E-state index in [0.717, 1.165) is 34.9 Å². The van der Waals surface area contributed by atoms with Crippen molar-refractivity contribution in [2.75, 3.05) is 24.7 Å². The molecular weight excluding hydrogens is 308 g/mol. The Bertz CT molecular complexity index is 632. The quantitative estimate of drug-likeness (QED) is 0.731. The minimum absolute atomic E-state index is 0.0858. The summed E-state index contributed by atoms with van der Waals surface area (Å²) in [7, 11) is 0. The first-order valence-electron chi connectivity index (χ1n) is 7.72. The van der Waals surface area contributed by atoms with Crippen LogP contribution in [0.25, 0.3) is 11.3 Å². The molecule has 1 aromatic carbocycles. The van der Waals surface area contributed by atoms with Gasteiger partial charge >= 0.3 is 0 Å². The van der Waals surface area contributed by atoms with Crippen LogP contribution in [0.5, 0.6) is 0 Å². The number of carbonyl (C=O) groups excluding carboxylic acids is 1. The molecule has 2 N–H and O–H groups in total. The molecule has 0 aliphatic carbocycles. The van der Waals surface area contributed by atoms with Crippen molar-refractivity contribution in [2.24, 2.45) is 0 Å². The molecule has 23 heavy (non-hydrogen) atoms. The third kappa shape index (κ3) is 5.37. The van der Waals surface area contributed by atoms with Crippen molar-refractivity contribution in [1.82, 2.24) is 10.3 Å². The number of nitrogens with zero attached hydrogens (tertiary/aromatic N) is 1. The van der Waals surface area contributed by atoms with E-state index < -0.39 is 0 Å². The van der Waals surface area contributed by atoms with E-state index in [1.54, 1.807) is 11.8 Å². The standard InChI is InChI=1S/C18H22N2O2S/c1-14-16(18(22)19-10-13-23-12-5-11-21)8-9-17(20-14)15-6-3-2-4-7-15/h2-4,6-9,21H,5,10-13H2,1H3,(H,19,22). The van der Waals surface area contributed by atoms with E-state index in [0.29, 0.717) is 12.1 Å². The normalized spacial score (nSPS) is 10.5. The van der Waals surface area contributed by atoms with Crippen molar-refractivity contribution >= 4 is 17.7 Å². The first-order valence-corrected chi connectivity index (χ1v) is 8.87. The van der Waals surface area contributed by atoms with E-state index in [1.807, 2.05) is 49.4 Å². The van der Waals surface area contributed by atoms with Gasteiger partial charge in [-0.1, -0.05) is 30.3 Å². The Morgan fingerprint density at radius 1 is 1.17 bits per heavy atom. The third-order valence-corrected chi connectivity index (χ3v) is 4.45. The maximum Gasteiger partial charge on any atom is 0.253 e. The predicted molar refractivity (Wildman–Crippen MR) is 95.8 cm³/mol. The van der Waals surface area contributed by atoms with E-state index in [4.69, 9.17) is 5.11 Å². The first-order chi connectivity index (χ1) is 11.2. The second kappa shape index (κ2) is 9.33. The Labute approximate surface area is 141 Å². The molecule has 0 aliphatic rings. The molecule has 0 atom stereocenters. The minimum atomic E-state index is -0.0858. The van der Waals surface area contributed by atoms with Gasteiger partial charge in [0.05, 0.1) is 17.0 Å². The molecule has 0 unspecified atom stereocenters. The number of benzene rings is 1. The summed E-state index contributed by atoms with van der Waals surface area (Å²) in [6, 6.07) is 13.6. The minimum Gasteiger partial charge on any atom is -0.396 e. The van der Waals surface area contributed by atoms with Gasteiger partial charge in [0.25, 0.3) is 5.91 Å². The molecule has 0 fully saturated rings. The molecule has 122 valence electrons. The maximum atomic E-state index is 12.2. The average Bonchev–Trinajstić information content (AvgIpc) is 2.58. The van der Waals surface area contributed by atoms with Crippen molar-refractivity contribution in [1.29, 1.82) is 0 Å². The van der Waals surface area contributed by atoms with Crippen LogP contribution >= 0.6 is 11.8 Å². The number of thioether (sulfide) groups is 1. The predicted octanol–water partition coefficient (Wildman–Crippen LogP) is 2.90. The van der Waals surface area contributed by atoms with Gasteiger partial charge in [-0.05, 0) is 31.2 Å². The zero-order valence-corrected chi connectivity index (χ0v) is 14.1. The summed E-state index contributed by atoms with van der Waals surface area (Å²) < 4.78 is 0. The summed E-state index contributed by atoms with van der Waals surface area (Å²) in [5.74, 6) is 1.68. The summed E-state index contributed by atoms with van der Waals surface area (Å²) in [5.41, 5.74) is 3.27. The zero-order chi connectivity index (χ0) is 16.5. The monoisotopic (exact) mass is 330 g/mol. The molecule has 4 nitrogen and oxygen atoms in total. The number of nitrogens with one attached hydrogen (secondary N) is 1. The number of aliphatic hydroxyl groups is 1. The van der Waals surface area contributed by atoms with Gasteiger partial charge in [-0.25, -0.2) is 0 Å². The van der Waals surface area contributed by atoms with Crippen LogP contribution in [0.1, 0.15) is 22.5 Å². The number of aliphatic hydroxyl groups excluding tert-OH is 1. The van der Waals surface area contributed by atoms with Crippen LogP contribution in [0.3, 0.4) is 0 Å². The van der Waals surface area contributed by atoms with Gasteiger partial charge in [0.2, 0.25) is 0 Å². The van der Waals surface area contributed by atoms with Crippen LogP contribution in [0.4, 0.5) is 0 Å². The Balaban J connectivity index is 1.91. The lowest BCUT2D eigenvalue weighted by atomic mass is 10.1. The molecule has 0 saturated carbocycles. The van der Waals surface area contributed by atoms with Crippen molar-refractivity contribution < 1.29 is 9.90 Å². The highest BCUT2D eigenvalue weighted by molar-refractivity contribution is 7.99. The summed E-state index contributed by atoms with van der Waals surface area (Å²) >= 11 is 1.73. The maximum absolute atomic E-state index is 12.2. The van der Waals surface area contributed by atoms with Gasteiger partial charge in [-0.2, -0.15) is 11.8 Å². The van der Waals surface area contributed by atoms with E-state index in [9.17, 15) is 4.79 Å². The smallest absolute Gasteiger partial charge is 0.253 e. The van der Waals surface area contributed by atoms with Gasteiger partial charge in [0, 0.05) is 24.5 Å². The lowest BCUT2D eigenvalue weighted by Crippen LogP contribution is -2.26. The van der Waals surface area contributed by atoms with Crippen LogP contribution < -0.4 is 5.32 Å². The van der Waals surface area contributed by atoms with Crippen LogP contribution in [0.2, 0.25) is 0 Å².